The van der Waals surface area contributed by atoms with Gasteiger partial charge in [-0.15, -0.1) is 0 Å². The molecule has 2 aromatic rings. The van der Waals surface area contributed by atoms with Gasteiger partial charge in [0.25, 0.3) is 0 Å². The topological polar surface area (TPSA) is 54.7 Å². The number of aryl methyl sites for hydroxylation is 1. The summed E-state index contributed by atoms with van der Waals surface area (Å²) >= 11 is 0. The van der Waals surface area contributed by atoms with E-state index >= 15 is 0 Å². The number of likely N-dealkylation sites (N-methyl/N-ethyl adjacent to an activating group) is 1. The van der Waals surface area contributed by atoms with E-state index in [1.165, 1.54) is 13.2 Å². The Balaban J connectivity index is 2.43. The third kappa shape index (κ3) is 1.90. The normalized spacial score (nSPS) is 18.5. The number of ether oxygens (including phenoxy) is 1. The molecule has 1 aromatic heterocycles. The summed E-state index contributed by atoms with van der Waals surface area (Å²) in [5.74, 6) is -1.75. The van der Waals surface area contributed by atoms with Crippen LogP contribution in [0, 0.1) is 12.7 Å². The highest BCUT2D eigenvalue weighted by Crippen LogP contribution is 2.41. The zero-order valence-corrected chi connectivity index (χ0v) is 13.1. The van der Waals surface area contributed by atoms with Gasteiger partial charge in [-0.25, -0.2) is 4.39 Å². The summed E-state index contributed by atoms with van der Waals surface area (Å²) in [7, 11) is 5.04. The lowest BCUT2D eigenvalue weighted by atomic mass is 9.95. The van der Waals surface area contributed by atoms with Gasteiger partial charge in [-0.1, -0.05) is 0 Å². The van der Waals surface area contributed by atoms with Crippen LogP contribution < -0.4 is 0 Å². The van der Waals surface area contributed by atoms with Crippen LogP contribution in [0.25, 0.3) is 10.9 Å². The Labute approximate surface area is 127 Å². The summed E-state index contributed by atoms with van der Waals surface area (Å²) in [5, 5.41) is 10.9. The van der Waals surface area contributed by atoms with Crippen molar-refractivity contribution in [2.75, 3.05) is 20.7 Å². The molecule has 1 N–H and O–H groups in total. The zero-order valence-electron chi connectivity index (χ0n) is 13.1. The Morgan fingerprint density at radius 3 is 2.77 bits per heavy atom. The van der Waals surface area contributed by atoms with Crippen LogP contribution in [-0.2, 0) is 23.1 Å². The number of rotatable bonds is 1. The lowest BCUT2D eigenvalue weighted by Gasteiger charge is -2.20. The molecule has 0 saturated heterocycles. The fourth-order valence-corrected chi connectivity index (χ4v) is 3.44. The third-order valence-electron chi connectivity index (χ3n) is 4.61. The van der Waals surface area contributed by atoms with Gasteiger partial charge in [0.1, 0.15) is 0 Å². The summed E-state index contributed by atoms with van der Waals surface area (Å²) in [6.45, 7) is 2.74. The second-order valence-electron chi connectivity index (χ2n) is 5.91. The maximum Gasteiger partial charge on any atom is 0.314 e. The van der Waals surface area contributed by atoms with E-state index in [-0.39, 0.29) is 11.7 Å². The van der Waals surface area contributed by atoms with E-state index in [9.17, 15) is 14.3 Å². The van der Waals surface area contributed by atoms with Crippen LogP contribution in [0.1, 0.15) is 22.7 Å². The van der Waals surface area contributed by atoms with Gasteiger partial charge >= 0.3 is 5.97 Å². The number of halogens is 1. The van der Waals surface area contributed by atoms with E-state index in [0.29, 0.717) is 24.2 Å². The first-order chi connectivity index (χ1) is 10.4. The summed E-state index contributed by atoms with van der Waals surface area (Å²) in [6.07, 6.45) is 0. The maximum atomic E-state index is 14.0. The number of hydrogen-bond acceptors (Lipinski definition) is 4. The first-order valence-electron chi connectivity index (χ1n) is 7.12. The molecule has 0 bridgehead atoms. The number of aromatic nitrogens is 1. The van der Waals surface area contributed by atoms with Crippen molar-refractivity contribution in [3.8, 4) is 5.75 Å². The molecule has 0 amide bonds. The van der Waals surface area contributed by atoms with Crippen LogP contribution >= 0.6 is 0 Å². The van der Waals surface area contributed by atoms with Crippen molar-refractivity contribution < 1.29 is 19.0 Å². The van der Waals surface area contributed by atoms with Crippen LogP contribution in [0.15, 0.2) is 6.07 Å². The highest BCUT2D eigenvalue weighted by Gasteiger charge is 2.34. The van der Waals surface area contributed by atoms with Crippen molar-refractivity contribution in [3.05, 3.63) is 28.7 Å². The SMILES string of the molecule is COC(=O)C1CN(C)Cc2c(O)c(F)cc3c2c1c(C)n3C. The van der Waals surface area contributed by atoms with Gasteiger partial charge in [-0.3, -0.25) is 4.79 Å². The van der Waals surface area contributed by atoms with Crippen LogP contribution in [0.3, 0.4) is 0 Å². The zero-order chi connectivity index (χ0) is 16.2. The minimum Gasteiger partial charge on any atom is -0.505 e. The molecular formula is C16H19FN2O3. The number of benzene rings is 1. The first kappa shape index (κ1) is 14.8. The molecular weight excluding hydrogens is 287 g/mol. The van der Waals surface area contributed by atoms with Crippen molar-refractivity contribution >= 4 is 16.9 Å². The Kier molecular flexibility index (Phi) is 3.36. The molecule has 3 rings (SSSR count). The Morgan fingerprint density at radius 1 is 1.45 bits per heavy atom. The van der Waals surface area contributed by atoms with Crippen LogP contribution in [0.2, 0.25) is 0 Å². The molecule has 118 valence electrons. The Hall–Kier alpha value is -2.08. The molecule has 1 atom stereocenters. The standard InChI is InChI=1S/C16H19FN2O3/c1-8-13-10(16(21)22-4)7-18(2)6-9-14(13)12(19(8)3)5-11(17)15(9)20/h5,10,20H,6-7H2,1-4H3. The van der Waals surface area contributed by atoms with Crippen molar-refractivity contribution in [1.29, 1.82) is 0 Å². The lowest BCUT2D eigenvalue weighted by Crippen LogP contribution is -2.28. The number of carbonyl (C=O) groups excluding carboxylic acids is 1. The molecule has 0 fully saturated rings. The predicted molar refractivity (Wildman–Crippen MR) is 80.4 cm³/mol. The number of nitrogens with zero attached hydrogens (tertiary/aromatic N) is 2. The summed E-state index contributed by atoms with van der Waals surface area (Å²) in [6, 6.07) is 1.32. The highest BCUT2D eigenvalue weighted by atomic mass is 19.1. The average molecular weight is 306 g/mol. The van der Waals surface area contributed by atoms with Crippen molar-refractivity contribution in [3.63, 3.8) is 0 Å². The molecule has 1 aromatic carbocycles. The van der Waals surface area contributed by atoms with Gasteiger partial charge < -0.3 is 19.3 Å². The third-order valence-corrected chi connectivity index (χ3v) is 4.61. The first-order valence-corrected chi connectivity index (χ1v) is 7.12. The van der Waals surface area contributed by atoms with Crippen LogP contribution in [0.4, 0.5) is 4.39 Å². The van der Waals surface area contributed by atoms with Gasteiger partial charge in [-0.2, -0.15) is 0 Å². The van der Waals surface area contributed by atoms with Crippen LogP contribution in [-0.4, -0.2) is 41.2 Å². The molecule has 22 heavy (non-hydrogen) atoms. The van der Waals surface area contributed by atoms with E-state index in [0.717, 1.165) is 16.6 Å². The second-order valence-corrected chi connectivity index (χ2v) is 5.91. The molecule has 6 heteroatoms. The van der Waals surface area contributed by atoms with E-state index in [1.54, 1.807) is 0 Å². The van der Waals surface area contributed by atoms with Crippen molar-refractivity contribution in [2.45, 2.75) is 19.4 Å². The molecule has 1 aliphatic rings. The van der Waals surface area contributed by atoms with Gasteiger partial charge in [0.2, 0.25) is 0 Å². The van der Waals surface area contributed by atoms with E-state index in [2.05, 4.69) is 0 Å². The molecule has 1 unspecified atom stereocenters. The fourth-order valence-electron chi connectivity index (χ4n) is 3.44. The predicted octanol–water partition coefficient (Wildman–Crippen LogP) is 2.03. The molecule has 0 aliphatic carbocycles. The fraction of sp³-hybridized carbons (Fsp3) is 0.438. The lowest BCUT2D eigenvalue weighted by molar-refractivity contribution is -0.142. The molecule has 5 nitrogen and oxygen atoms in total. The summed E-state index contributed by atoms with van der Waals surface area (Å²) in [4.78, 5) is 14.1. The van der Waals surface area contributed by atoms with E-state index < -0.39 is 11.7 Å². The van der Waals surface area contributed by atoms with Gasteiger partial charge in [0.05, 0.1) is 18.5 Å². The number of carbonyl (C=O) groups is 1. The molecule has 0 radical (unpaired) electrons. The second kappa shape index (κ2) is 4.98. The Morgan fingerprint density at radius 2 is 2.14 bits per heavy atom. The quantitative estimate of drug-likeness (QED) is 0.819. The number of esters is 1. The largest absolute Gasteiger partial charge is 0.505 e. The van der Waals surface area contributed by atoms with Crippen molar-refractivity contribution in [1.82, 2.24) is 9.47 Å². The monoisotopic (exact) mass is 306 g/mol. The molecule has 0 spiro atoms. The van der Waals surface area contributed by atoms with Gasteiger partial charge in [-0.05, 0) is 19.5 Å². The average Bonchev–Trinajstić information content (AvgIpc) is 2.64. The highest BCUT2D eigenvalue weighted by molar-refractivity contribution is 5.95. The number of aromatic hydroxyl groups is 1. The number of phenolic OH excluding ortho intramolecular Hbond substituents is 1. The van der Waals surface area contributed by atoms with Crippen LogP contribution in [0.5, 0.6) is 5.75 Å². The number of methoxy groups -OCH3 is 1. The number of hydrogen-bond donors (Lipinski definition) is 1. The summed E-state index contributed by atoms with van der Waals surface area (Å²) in [5.41, 5.74) is 2.91. The maximum absolute atomic E-state index is 14.0. The van der Waals surface area contributed by atoms with Crippen molar-refractivity contribution in [2.24, 2.45) is 7.05 Å². The summed E-state index contributed by atoms with van der Waals surface area (Å²) < 4.78 is 20.9. The van der Waals surface area contributed by atoms with E-state index in [4.69, 9.17) is 4.74 Å². The van der Waals surface area contributed by atoms with Gasteiger partial charge in [0.15, 0.2) is 11.6 Å². The van der Waals surface area contributed by atoms with E-state index in [1.807, 2.05) is 30.5 Å². The molecule has 2 heterocycles. The Bertz CT molecular complexity index is 782. The molecule has 0 saturated carbocycles. The molecule has 1 aliphatic heterocycles. The van der Waals surface area contributed by atoms with Gasteiger partial charge in [0, 0.05) is 42.8 Å². The number of phenols is 1. The smallest absolute Gasteiger partial charge is 0.314 e. The minimum atomic E-state index is -0.639. The minimum absolute atomic E-state index is 0.320.